The second-order valence-electron chi connectivity index (χ2n) is 4.92. The fourth-order valence-corrected chi connectivity index (χ4v) is 2.68. The molecular formula is C14H27NO3. The highest BCUT2D eigenvalue weighted by atomic mass is 16.5. The van der Waals surface area contributed by atoms with Crippen molar-refractivity contribution in [1.82, 2.24) is 5.32 Å². The van der Waals surface area contributed by atoms with Crippen molar-refractivity contribution < 1.29 is 14.3 Å². The van der Waals surface area contributed by atoms with E-state index in [0.29, 0.717) is 6.61 Å². The number of hydrogen-bond acceptors (Lipinski definition) is 4. The molecule has 1 aliphatic carbocycles. The minimum absolute atomic E-state index is 0.114. The van der Waals surface area contributed by atoms with E-state index in [-0.39, 0.29) is 12.1 Å². The summed E-state index contributed by atoms with van der Waals surface area (Å²) in [5.41, 5.74) is -0.526. The van der Waals surface area contributed by atoms with Gasteiger partial charge < -0.3 is 14.8 Å². The molecule has 0 heterocycles. The largest absolute Gasteiger partial charge is 0.465 e. The molecule has 0 radical (unpaired) electrons. The van der Waals surface area contributed by atoms with E-state index in [9.17, 15) is 4.79 Å². The smallest absolute Gasteiger partial charge is 0.326 e. The van der Waals surface area contributed by atoms with Crippen molar-refractivity contribution in [3.8, 4) is 0 Å². The summed E-state index contributed by atoms with van der Waals surface area (Å²) in [6, 6.07) is 0. The number of carbonyl (C=O) groups excluding carboxylic acids is 1. The number of ether oxygens (including phenoxy) is 2. The van der Waals surface area contributed by atoms with Gasteiger partial charge >= 0.3 is 5.97 Å². The van der Waals surface area contributed by atoms with Crippen molar-refractivity contribution in [1.29, 1.82) is 0 Å². The Labute approximate surface area is 110 Å². The third-order valence-electron chi connectivity index (χ3n) is 3.44. The maximum Gasteiger partial charge on any atom is 0.326 e. The van der Waals surface area contributed by atoms with E-state index < -0.39 is 5.54 Å². The topological polar surface area (TPSA) is 47.6 Å². The summed E-state index contributed by atoms with van der Waals surface area (Å²) >= 11 is 0. The maximum atomic E-state index is 12.2. The molecule has 1 aliphatic rings. The highest BCUT2D eigenvalue weighted by Crippen LogP contribution is 2.31. The molecule has 0 aromatic carbocycles. The average Bonchev–Trinajstić information content (AvgIpc) is 2.37. The van der Waals surface area contributed by atoms with Crippen LogP contribution in [-0.2, 0) is 14.3 Å². The van der Waals surface area contributed by atoms with Gasteiger partial charge in [0.05, 0.1) is 12.7 Å². The van der Waals surface area contributed by atoms with Crippen molar-refractivity contribution in [2.75, 3.05) is 19.8 Å². The highest BCUT2D eigenvalue weighted by Gasteiger charge is 2.43. The van der Waals surface area contributed by atoms with Crippen molar-refractivity contribution in [3.63, 3.8) is 0 Å². The maximum absolute atomic E-state index is 12.2. The van der Waals surface area contributed by atoms with Crippen LogP contribution in [0.4, 0.5) is 0 Å². The number of nitrogens with one attached hydrogen (secondary N) is 1. The average molecular weight is 257 g/mol. The van der Waals surface area contributed by atoms with Crippen LogP contribution < -0.4 is 5.32 Å². The fourth-order valence-electron chi connectivity index (χ4n) is 2.68. The summed E-state index contributed by atoms with van der Waals surface area (Å²) in [7, 11) is 0. The first-order chi connectivity index (χ1) is 8.68. The number of likely N-dealkylation sites (N-methyl/N-ethyl adjacent to an activating group) is 1. The van der Waals surface area contributed by atoms with Gasteiger partial charge in [-0.05, 0) is 39.2 Å². The van der Waals surface area contributed by atoms with Gasteiger partial charge in [-0.25, -0.2) is 0 Å². The summed E-state index contributed by atoms with van der Waals surface area (Å²) < 4.78 is 11.0. The molecule has 1 rings (SSSR count). The van der Waals surface area contributed by atoms with Gasteiger partial charge in [0.2, 0.25) is 0 Å². The molecule has 106 valence electrons. The lowest BCUT2D eigenvalue weighted by Crippen LogP contribution is -2.56. The predicted molar refractivity (Wildman–Crippen MR) is 71.5 cm³/mol. The van der Waals surface area contributed by atoms with Crippen molar-refractivity contribution in [2.45, 2.75) is 64.5 Å². The van der Waals surface area contributed by atoms with Crippen LogP contribution in [-0.4, -0.2) is 37.4 Å². The third kappa shape index (κ3) is 3.95. The van der Waals surface area contributed by atoms with Crippen LogP contribution in [0.25, 0.3) is 0 Å². The van der Waals surface area contributed by atoms with Crippen molar-refractivity contribution >= 4 is 5.97 Å². The molecule has 1 N–H and O–H groups in total. The minimum Gasteiger partial charge on any atom is -0.465 e. The van der Waals surface area contributed by atoms with Crippen LogP contribution in [0.5, 0.6) is 0 Å². The zero-order valence-corrected chi connectivity index (χ0v) is 12.0. The highest BCUT2D eigenvalue weighted by molar-refractivity contribution is 5.81. The Balaban J connectivity index is 2.67. The molecule has 0 aromatic heterocycles. The lowest BCUT2D eigenvalue weighted by Gasteiger charge is -2.39. The summed E-state index contributed by atoms with van der Waals surface area (Å²) in [5.74, 6) is -0.114. The Morgan fingerprint density at radius 2 is 2.17 bits per heavy atom. The Bertz CT molecular complexity index is 253. The summed E-state index contributed by atoms with van der Waals surface area (Å²) in [6.45, 7) is 7.97. The van der Waals surface area contributed by atoms with Crippen LogP contribution in [0.15, 0.2) is 0 Å². The fraction of sp³-hybridized carbons (Fsp3) is 0.929. The molecular weight excluding hydrogens is 230 g/mol. The molecule has 1 fully saturated rings. The molecule has 0 spiro atoms. The zero-order chi connectivity index (χ0) is 13.4. The monoisotopic (exact) mass is 257 g/mol. The van der Waals surface area contributed by atoms with Crippen molar-refractivity contribution in [3.05, 3.63) is 0 Å². The Hall–Kier alpha value is -0.610. The molecule has 0 aromatic rings. The Morgan fingerprint density at radius 3 is 2.78 bits per heavy atom. The molecule has 1 saturated carbocycles. The Morgan fingerprint density at radius 1 is 1.39 bits per heavy atom. The van der Waals surface area contributed by atoms with Gasteiger partial charge in [0.25, 0.3) is 0 Å². The molecule has 4 nitrogen and oxygen atoms in total. The van der Waals surface area contributed by atoms with Crippen molar-refractivity contribution in [2.24, 2.45) is 0 Å². The minimum atomic E-state index is -0.526. The van der Waals surface area contributed by atoms with Crippen LogP contribution in [0, 0.1) is 0 Å². The van der Waals surface area contributed by atoms with Gasteiger partial charge in [-0.2, -0.15) is 0 Å². The summed E-state index contributed by atoms with van der Waals surface area (Å²) in [4.78, 5) is 12.2. The quantitative estimate of drug-likeness (QED) is 0.711. The first-order valence-corrected chi connectivity index (χ1v) is 7.22. The van der Waals surface area contributed by atoms with E-state index in [1.807, 2.05) is 13.8 Å². The molecule has 4 heteroatoms. The Kier molecular flexibility index (Phi) is 6.65. The molecule has 18 heavy (non-hydrogen) atoms. The summed E-state index contributed by atoms with van der Waals surface area (Å²) in [5, 5.41) is 3.33. The summed E-state index contributed by atoms with van der Waals surface area (Å²) in [6.07, 6.45) is 4.85. The van der Waals surface area contributed by atoms with E-state index in [2.05, 4.69) is 12.2 Å². The predicted octanol–water partition coefficient (Wildman–Crippen LogP) is 2.27. The normalized spacial score (nSPS) is 28.1. The second-order valence-corrected chi connectivity index (χ2v) is 4.92. The van der Waals surface area contributed by atoms with Gasteiger partial charge in [0.15, 0.2) is 0 Å². The first-order valence-electron chi connectivity index (χ1n) is 7.22. The third-order valence-corrected chi connectivity index (χ3v) is 3.44. The van der Waals surface area contributed by atoms with E-state index in [0.717, 1.165) is 45.3 Å². The van der Waals surface area contributed by atoms with Gasteiger partial charge in [-0.3, -0.25) is 4.79 Å². The van der Waals surface area contributed by atoms with E-state index >= 15 is 0 Å². The molecule has 0 aliphatic heterocycles. The number of esters is 1. The van der Waals surface area contributed by atoms with Crippen LogP contribution in [0.2, 0.25) is 0 Å². The molecule has 2 atom stereocenters. The number of hydrogen-bond donors (Lipinski definition) is 1. The second kappa shape index (κ2) is 7.74. The number of carbonyl (C=O) groups is 1. The van der Waals surface area contributed by atoms with E-state index in [1.54, 1.807) is 0 Å². The van der Waals surface area contributed by atoms with E-state index in [4.69, 9.17) is 9.47 Å². The van der Waals surface area contributed by atoms with E-state index in [1.165, 1.54) is 0 Å². The van der Waals surface area contributed by atoms with Gasteiger partial charge in [-0.1, -0.05) is 13.8 Å². The van der Waals surface area contributed by atoms with Gasteiger partial charge in [0.1, 0.15) is 5.54 Å². The van der Waals surface area contributed by atoms with Crippen LogP contribution in [0.3, 0.4) is 0 Å². The standard InChI is InChI=1S/C14H27NO3/c1-4-10-18-12-8-7-9-14(11-12,15-5-2)13(16)17-6-3/h12,15H,4-11H2,1-3H3. The molecule has 2 unspecified atom stereocenters. The first kappa shape index (κ1) is 15.4. The van der Waals surface area contributed by atoms with Gasteiger partial charge in [0, 0.05) is 13.0 Å². The van der Waals surface area contributed by atoms with Gasteiger partial charge in [-0.15, -0.1) is 0 Å². The SMILES string of the molecule is CCCOC1CCCC(NCC)(C(=O)OCC)C1. The lowest BCUT2D eigenvalue weighted by atomic mass is 9.80. The lowest BCUT2D eigenvalue weighted by molar-refractivity contribution is -0.155. The van der Waals surface area contributed by atoms with Crippen LogP contribution >= 0.6 is 0 Å². The number of rotatable bonds is 7. The molecule has 0 saturated heterocycles. The van der Waals surface area contributed by atoms with Crippen LogP contribution in [0.1, 0.15) is 52.9 Å². The molecule has 0 amide bonds. The molecule has 0 bridgehead atoms. The zero-order valence-electron chi connectivity index (χ0n) is 12.0.